The molecule has 0 bridgehead atoms. The summed E-state index contributed by atoms with van der Waals surface area (Å²) in [6.45, 7) is 4.35. The Morgan fingerprint density at radius 1 is 1.30 bits per heavy atom. The van der Waals surface area contributed by atoms with Gasteiger partial charge in [-0.3, -0.25) is 0 Å². The van der Waals surface area contributed by atoms with Gasteiger partial charge in [0.1, 0.15) is 5.60 Å². The summed E-state index contributed by atoms with van der Waals surface area (Å²) in [5, 5.41) is 3.28. The van der Waals surface area contributed by atoms with Crippen molar-refractivity contribution in [2.45, 2.75) is 12.0 Å². The maximum atomic E-state index is 5.64. The van der Waals surface area contributed by atoms with Crippen LogP contribution in [0.3, 0.4) is 0 Å². The molecule has 1 unspecified atom stereocenters. The van der Waals surface area contributed by atoms with Crippen molar-refractivity contribution >= 4 is 0 Å². The Morgan fingerprint density at radius 2 is 2.30 bits per heavy atom. The van der Waals surface area contributed by atoms with Crippen molar-refractivity contribution in [2.24, 2.45) is 0 Å². The Bertz CT molecular complexity index is 113. The highest BCUT2D eigenvalue weighted by Gasteiger charge is 2.36. The Hall–Kier alpha value is -0.120. The van der Waals surface area contributed by atoms with Gasteiger partial charge in [0, 0.05) is 6.54 Å². The molecule has 1 spiro atoms. The molecule has 1 atom stereocenters. The SMILES string of the molecule is C1CC2(CN1)COCCO2. The highest BCUT2D eigenvalue weighted by Crippen LogP contribution is 2.22. The number of hydrogen-bond acceptors (Lipinski definition) is 3. The van der Waals surface area contributed by atoms with E-state index in [1.807, 2.05) is 0 Å². The fourth-order valence-electron chi connectivity index (χ4n) is 1.58. The molecule has 0 saturated carbocycles. The van der Waals surface area contributed by atoms with Crippen molar-refractivity contribution in [1.82, 2.24) is 5.32 Å². The molecule has 0 aromatic rings. The third-order valence-corrected chi connectivity index (χ3v) is 2.21. The van der Waals surface area contributed by atoms with Crippen LogP contribution in [0.4, 0.5) is 0 Å². The van der Waals surface area contributed by atoms with E-state index in [0.29, 0.717) is 0 Å². The molecule has 2 rings (SSSR count). The van der Waals surface area contributed by atoms with Crippen LogP contribution in [0.2, 0.25) is 0 Å². The minimum absolute atomic E-state index is 0.0399. The van der Waals surface area contributed by atoms with E-state index in [0.717, 1.165) is 39.3 Å². The van der Waals surface area contributed by atoms with E-state index < -0.39 is 0 Å². The van der Waals surface area contributed by atoms with Crippen LogP contribution in [0, 0.1) is 0 Å². The molecule has 0 amide bonds. The number of nitrogens with one attached hydrogen (secondary N) is 1. The second-order valence-corrected chi connectivity index (χ2v) is 3.01. The average molecular weight is 143 g/mol. The third-order valence-electron chi connectivity index (χ3n) is 2.21. The van der Waals surface area contributed by atoms with Crippen molar-refractivity contribution in [3.63, 3.8) is 0 Å². The summed E-state index contributed by atoms with van der Waals surface area (Å²) < 4.78 is 11.0. The topological polar surface area (TPSA) is 30.5 Å². The Labute approximate surface area is 60.7 Å². The van der Waals surface area contributed by atoms with Gasteiger partial charge in [-0.2, -0.15) is 0 Å². The van der Waals surface area contributed by atoms with Gasteiger partial charge < -0.3 is 14.8 Å². The Balaban J connectivity index is 1.98. The third kappa shape index (κ3) is 1.05. The summed E-state index contributed by atoms with van der Waals surface area (Å²) in [6, 6.07) is 0. The molecular weight excluding hydrogens is 130 g/mol. The van der Waals surface area contributed by atoms with Gasteiger partial charge in [-0.15, -0.1) is 0 Å². The highest BCUT2D eigenvalue weighted by atomic mass is 16.6. The Morgan fingerprint density at radius 3 is 2.90 bits per heavy atom. The van der Waals surface area contributed by atoms with Gasteiger partial charge in [-0.05, 0) is 13.0 Å². The molecule has 2 saturated heterocycles. The summed E-state index contributed by atoms with van der Waals surface area (Å²) in [5.74, 6) is 0. The minimum atomic E-state index is 0.0399. The number of rotatable bonds is 0. The van der Waals surface area contributed by atoms with Crippen LogP contribution >= 0.6 is 0 Å². The lowest BCUT2D eigenvalue weighted by Gasteiger charge is -2.32. The molecule has 58 valence electrons. The van der Waals surface area contributed by atoms with Crippen LogP contribution < -0.4 is 5.32 Å². The first-order valence-electron chi connectivity index (χ1n) is 3.84. The van der Waals surface area contributed by atoms with E-state index >= 15 is 0 Å². The lowest BCUT2D eigenvalue weighted by molar-refractivity contribution is -0.146. The first-order chi connectivity index (χ1) is 4.91. The summed E-state index contributed by atoms with van der Waals surface area (Å²) in [5.41, 5.74) is 0.0399. The highest BCUT2D eigenvalue weighted by molar-refractivity contribution is 4.90. The summed E-state index contributed by atoms with van der Waals surface area (Å²) in [6.07, 6.45) is 1.10. The van der Waals surface area contributed by atoms with Crippen LogP contribution in [0.5, 0.6) is 0 Å². The summed E-state index contributed by atoms with van der Waals surface area (Å²) >= 11 is 0. The molecule has 0 aromatic carbocycles. The molecule has 2 aliphatic rings. The monoisotopic (exact) mass is 143 g/mol. The van der Waals surface area contributed by atoms with E-state index in [9.17, 15) is 0 Å². The first-order valence-corrected chi connectivity index (χ1v) is 3.84. The van der Waals surface area contributed by atoms with Crippen LogP contribution in [-0.4, -0.2) is 38.5 Å². The fraction of sp³-hybridized carbons (Fsp3) is 1.00. The van der Waals surface area contributed by atoms with Gasteiger partial charge in [-0.25, -0.2) is 0 Å². The first kappa shape index (κ1) is 6.58. The van der Waals surface area contributed by atoms with Gasteiger partial charge in [0.05, 0.1) is 19.8 Å². The molecular formula is C7H13NO2. The second-order valence-electron chi connectivity index (χ2n) is 3.01. The van der Waals surface area contributed by atoms with Crippen LogP contribution in [-0.2, 0) is 9.47 Å². The van der Waals surface area contributed by atoms with Crippen LogP contribution in [0.25, 0.3) is 0 Å². The predicted octanol–water partition coefficient (Wildman–Crippen LogP) is -0.235. The van der Waals surface area contributed by atoms with Crippen LogP contribution in [0.15, 0.2) is 0 Å². The molecule has 1 N–H and O–H groups in total. The Kier molecular flexibility index (Phi) is 1.64. The van der Waals surface area contributed by atoms with Gasteiger partial charge in [-0.1, -0.05) is 0 Å². The van der Waals surface area contributed by atoms with E-state index in [1.165, 1.54) is 0 Å². The van der Waals surface area contributed by atoms with Gasteiger partial charge in [0.2, 0.25) is 0 Å². The number of hydrogen-bond donors (Lipinski definition) is 1. The van der Waals surface area contributed by atoms with Gasteiger partial charge >= 0.3 is 0 Å². The smallest absolute Gasteiger partial charge is 0.105 e. The zero-order valence-electron chi connectivity index (χ0n) is 6.06. The van der Waals surface area contributed by atoms with E-state index in [1.54, 1.807) is 0 Å². The maximum Gasteiger partial charge on any atom is 0.105 e. The molecule has 2 fully saturated rings. The standard InChI is InChI=1S/C7H13NO2/c1-2-8-5-7(1)6-9-3-4-10-7/h8H,1-6H2. The molecule has 0 radical (unpaired) electrons. The fourth-order valence-corrected chi connectivity index (χ4v) is 1.58. The lowest BCUT2D eigenvalue weighted by Crippen LogP contribution is -2.44. The quantitative estimate of drug-likeness (QED) is 0.508. The molecule has 0 aromatic heterocycles. The minimum Gasteiger partial charge on any atom is -0.376 e. The van der Waals surface area contributed by atoms with Crippen molar-refractivity contribution in [2.75, 3.05) is 32.9 Å². The van der Waals surface area contributed by atoms with Gasteiger partial charge in [0.15, 0.2) is 0 Å². The molecule has 3 heteroatoms. The number of ether oxygens (including phenoxy) is 2. The van der Waals surface area contributed by atoms with Crippen molar-refractivity contribution in [3.05, 3.63) is 0 Å². The largest absolute Gasteiger partial charge is 0.376 e. The predicted molar refractivity (Wildman–Crippen MR) is 37.0 cm³/mol. The van der Waals surface area contributed by atoms with E-state index in [-0.39, 0.29) is 5.60 Å². The average Bonchev–Trinajstić information content (AvgIpc) is 2.39. The second kappa shape index (κ2) is 2.49. The zero-order valence-corrected chi connectivity index (χ0v) is 6.06. The van der Waals surface area contributed by atoms with Crippen molar-refractivity contribution in [1.29, 1.82) is 0 Å². The molecule has 3 nitrogen and oxygen atoms in total. The van der Waals surface area contributed by atoms with Crippen molar-refractivity contribution in [3.8, 4) is 0 Å². The maximum absolute atomic E-state index is 5.64. The van der Waals surface area contributed by atoms with Crippen molar-refractivity contribution < 1.29 is 9.47 Å². The summed E-state index contributed by atoms with van der Waals surface area (Å²) in [7, 11) is 0. The summed E-state index contributed by atoms with van der Waals surface area (Å²) in [4.78, 5) is 0. The van der Waals surface area contributed by atoms with Gasteiger partial charge in [0.25, 0.3) is 0 Å². The molecule has 2 aliphatic heterocycles. The normalized spacial score (nSPS) is 40.8. The molecule has 0 aliphatic carbocycles. The molecule has 2 heterocycles. The lowest BCUT2D eigenvalue weighted by atomic mass is 10.0. The molecule has 10 heavy (non-hydrogen) atoms. The van der Waals surface area contributed by atoms with E-state index in [4.69, 9.17) is 9.47 Å². The van der Waals surface area contributed by atoms with E-state index in [2.05, 4.69) is 5.32 Å². The van der Waals surface area contributed by atoms with Crippen LogP contribution in [0.1, 0.15) is 6.42 Å². The zero-order chi connectivity index (χ0) is 6.86.